The zero-order valence-corrected chi connectivity index (χ0v) is 58.0. The average molecular weight is 1380 g/mol. The van der Waals surface area contributed by atoms with E-state index in [0.29, 0.717) is 5.82 Å². The van der Waals surface area contributed by atoms with Gasteiger partial charge in [0, 0.05) is 98.4 Å². The van der Waals surface area contributed by atoms with Crippen molar-refractivity contribution in [3.05, 3.63) is 358 Å². The van der Waals surface area contributed by atoms with Gasteiger partial charge in [-0.25, -0.2) is 9.97 Å². The minimum atomic E-state index is 0.620. The molecule has 0 aliphatic heterocycles. The maximum absolute atomic E-state index is 6.42. The molecule has 502 valence electrons. The molecule has 8 nitrogen and oxygen atoms in total. The zero-order valence-electron chi connectivity index (χ0n) is 58.0. The van der Waals surface area contributed by atoms with Crippen molar-refractivity contribution in [2.24, 2.45) is 0 Å². The third-order valence-corrected chi connectivity index (χ3v) is 22.3. The highest BCUT2D eigenvalue weighted by atomic mass is 16.3. The van der Waals surface area contributed by atoms with Crippen molar-refractivity contribution in [1.29, 1.82) is 0 Å². The number of fused-ring (bicyclic) bond motifs is 18. The predicted octanol–water partition coefficient (Wildman–Crippen LogP) is 27.1. The molecule has 0 N–H and O–H groups in total. The largest absolute Gasteiger partial charge is 0.456 e. The van der Waals surface area contributed by atoms with E-state index < -0.39 is 0 Å². The van der Waals surface area contributed by atoms with E-state index >= 15 is 0 Å². The maximum Gasteiger partial charge on any atom is 0.160 e. The lowest BCUT2D eigenvalue weighted by molar-refractivity contribution is 0.668. The number of hydrogen-bond donors (Lipinski definition) is 0. The number of para-hydroxylation sites is 6. The van der Waals surface area contributed by atoms with Gasteiger partial charge >= 0.3 is 0 Å². The standard InChI is InChI=1S/C100H59N5O3/c1-7-25-88-74(19-1)77-45-37-63(66-40-48-83-80-22-4-10-28-94(80)106-97(83)56-66)53-91(77)103(88)71-43-35-61(36-44-71)60-31-33-62(34-32-60)100-101-86(69-15-13-17-72(51-69)104-89-26-8-2-20-75(89)78-46-38-64(54-92(78)104)67-41-49-84-81-23-5-11-29-95(81)107-98(84)57-67)59-87(102-100)70-16-14-18-73(52-70)105-90-27-9-3-21-76(90)79-47-39-65(55-93(79)105)68-42-50-85-82-24-6-12-30-96(82)108-99(85)58-68/h1-59H. The summed E-state index contributed by atoms with van der Waals surface area (Å²) in [5.74, 6) is 0.620. The van der Waals surface area contributed by atoms with Crippen LogP contribution in [0, 0.1) is 0 Å². The average Bonchev–Trinajstić information content (AvgIpc) is 1.58. The topological polar surface area (TPSA) is 80.0 Å². The number of furan rings is 3. The third-order valence-electron chi connectivity index (χ3n) is 22.3. The summed E-state index contributed by atoms with van der Waals surface area (Å²) in [6, 6.07) is 129. The number of rotatable bonds is 10. The van der Waals surface area contributed by atoms with Gasteiger partial charge in [-0.1, -0.05) is 224 Å². The van der Waals surface area contributed by atoms with Gasteiger partial charge in [-0.15, -0.1) is 0 Å². The summed E-state index contributed by atoms with van der Waals surface area (Å²) in [5, 5.41) is 13.8. The molecule has 0 unspecified atom stereocenters. The van der Waals surface area contributed by atoms with Crippen LogP contribution in [0.5, 0.6) is 0 Å². The summed E-state index contributed by atoms with van der Waals surface area (Å²) in [4.78, 5) is 11.1. The van der Waals surface area contributed by atoms with E-state index in [-0.39, 0.29) is 0 Å². The molecule has 0 fully saturated rings. The fraction of sp³-hybridized carbons (Fsp3) is 0. The Morgan fingerprint density at radius 1 is 0.167 bits per heavy atom. The van der Waals surface area contributed by atoms with Gasteiger partial charge in [-0.3, -0.25) is 0 Å². The van der Waals surface area contributed by atoms with Gasteiger partial charge in [0.15, 0.2) is 5.82 Å². The predicted molar refractivity (Wildman–Crippen MR) is 445 cm³/mol. The van der Waals surface area contributed by atoms with Crippen LogP contribution in [0.15, 0.2) is 371 Å². The van der Waals surface area contributed by atoms with Gasteiger partial charge < -0.3 is 27.0 Å². The number of hydrogen-bond acceptors (Lipinski definition) is 5. The van der Waals surface area contributed by atoms with E-state index in [1.807, 2.05) is 36.4 Å². The monoisotopic (exact) mass is 1380 g/mol. The smallest absolute Gasteiger partial charge is 0.160 e. The quantitative estimate of drug-likeness (QED) is 0.136. The van der Waals surface area contributed by atoms with E-state index in [0.717, 1.165) is 189 Å². The number of aromatic nitrogens is 5. The van der Waals surface area contributed by atoms with Crippen LogP contribution in [0.25, 0.3) is 227 Å². The number of benzene rings is 16. The second-order valence-electron chi connectivity index (χ2n) is 28.4. The van der Waals surface area contributed by atoms with Crippen LogP contribution >= 0.6 is 0 Å². The highest BCUT2D eigenvalue weighted by Crippen LogP contribution is 2.44. The van der Waals surface area contributed by atoms with Crippen LogP contribution in [-0.4, -0.2) is 23.7 Å². The lowest BCUT2D eigenvalue weighted by Gasteiger charge is -2.14. The third kappa shape index (κ3) is 9.43. The van der Waals surface area contributed by atoms with Crippen LogP contribution in [0.1, 0.15) is 0 Å². The molecule has 0 atom stereocenters. The second kappa shape index (κ2) is 23.5. The molecule has 0 saturated carbocycles. The summed E-state index contributed by atoms with van der Waals surface area (Å²) in [6.45, 7) is 0. The Hall–Kier alpha value is -14.6. The lowest BCUT2D eigenvalue weighted by atomic mass is 10.0. The van der Waals surface area contributed by atoms with Gasteiger partial charge in [0.2, 0.25) is 0 Å². The Labute approximate surface area is 617 Å². The first-order valence-corrected chi connectivity index (χ1v) is 36.6. The van der Waals surface area contributed by atoms with Crippen molar-refractivity contribution < 1.29 is 13.3 Å². The van der Waals surface area contributed by atoms with Gasteiger partial charge in [-0.2, -0.15) is 0 Å². The number of nitrogens with zero attached hydrogens (tertiary/aromatic N) is 5. The molecule has 0 saturated heterocycles. The molecular formula is C100H59N5O3. The molecule has 0 spiro atoms. The van der Waals surface area contributed by atoms with Crippen LogP contribution in [0.4, 0.5) is 0 Å². The minimum absolute atomic E-state index is 0.620. The molecule has 7 heterocycles. The lowest BCUT2D eigenvalue weighted by Crippen LogP contribution is -1.99. The van der Waals surface area contributed by atoms with Crippen LogP contribution in [0.2, 0.25) is 0 Å². The highest BCUT2D eigenvalue weighted by Gasteiger charge is 2.22. The van der Waals surface area contributed by atoms with Crippen molar-refractivity contribution in [2.75, 3.05) is 0 Å². The van der Waals surface area contributed by atoms with Crippen molar-refractivity contribution in [2.45, 2.75) is 0 Å². The van der Waals surface area contributed by atoms with Crippen LogP contribution in [-0.2, 0) is 0 Å². The Balaban J connectivity index is 0.636. The fourth-order valence-corrected chi connectivity index (χ4v) is 17.1. The molecule has 7 aromatic heterocycles. The Morgan fingerprint density at radius 3 is 0.843 bits per heavy atom. The normalized spacial score (nSPS) is 12.1. The first-order chi connectivity index (χ1) is 53.5. The SMILES string of the molecule is c1cc(-c2cc(-c3cccc(-n4c5ccccc5c5ccc(-c6ccc7c(c6)oc6ccccc67)cc54)c3)nc(-c3ccc(-c4ccc(-n5c6ccccc6c6ccc(-c7ccc8c(c7)oc7ccccc78)cc65)cc4)cc3)n2)cc(-n2c3ccccc3c3ccc(-c4ccc5c(c4)oc4ccccc45)cc32)c1. The molecule has 8 heteroatoms. The van der Waals surface area contributed by atoms with Crippen LogP contribution < -0.4 is 0 Å². The van der Waals surface area contributed by atoms with E-state index in [2.05, 4.69) is 335 Å². The van der Waals surface area contributed by atoms with E-state index in [1.165, 1.54) is 32.3 Å². The molecule has 0 bridgehead atoms. The molecule has 16 aromatic carbocycles. The van der Waals surface area contributed by atoms with Crippen LogP contribution in [0.3, 0.4) is 0 Å². The summed E-state index contributed by atoms with van der Waals surface area (Å²) in [7, 11) is 0. The molecule has 0 amide bonds. The van der Waals surface area contributed by atoms with Gasteiger partial charge in [0.25, 0.3) is 0 Å². The summed E-state index contributed by atoms with van der Waals surface area (Å²) in [6.07, 6.45) is 0. The van der Waals surface area contributed by atoms with Crippen molar-refractivity contribution in [3.8, 4) is 95.5 Å². The molecule has 0 aliphatic carbocycles. The van der Waals surface area contributed by atoms with E-state index in [1.54, 1.807) is 0 Å². The van der Waals surface area contributed by atoms with E-state index in [9.17, 15) is 0 Å². The first-order valence-electron chi connectivity index (χ1n) is 36.6. The molecular weight excluding hydrogens is 1320 g/mol. The molecule has 0 radical (unpaired) electrons. The molecule has 0 aliphatic rings. The van der Waals surface area contributed by atoms with E-state index in [4.69, 9.17) is 23.2 Å². The second-order valence-corrected chi connectivity index (χ2v) is 28.4. The molecule has 23 aromatic rings. The summed E-state index contributed by atoms with van der Waals surface area (Å²) in [5.41, 5.74) is 28.4. The van der Waals surface area contributed by atoms with Crippen molar-refractivity contribution in [1.82, 2.24) is 23.7 Å². The first kappa shape index (κ1) is 59.9. The maximum atomic E-state index is 6.42. The van der Waals surface area contributed by atoms with Crippen molar-refractivity contribution >= 4 is 131 Å². The Morgan fingerprint density at radius 2 is 0.454 bits per heavy atom. The highest BCUT2D eigenvalue weighted by molar-refractivity contribution is 6.15. The van der Waals surface area contributed by atoms with Gasteiger partial charge in [0.1, 0.15) is 33.5 Å². The molecule has 23 rings (SSSR count). The molecule has 108 heavy (non-hydrogen) atoms. The van der Waals surface area contributed by atoms with Crippen molar-refractivity contribution in [3.63, 3.8) is 0 Å². The Bertz CT molecular complexity index is 7390. The summed E-state index contributed by atoms with van der Waals surface area (Å²) < 4.78 is 26.4. The fourth-order valence-electron chi connectivity index (χ4n) is 17.1. The minimum Gasteiger partial charge on any atom is -0.456 e. The van der Waals surface area contributed by atoms with Gasteiger partial charge in [-0.05, 0) is 178 Å². The van der Waals surface area contributed by atoms with Gasteiger partial charge in [0.05, 0.1) is 44.5 Å². The summed E-state index contributed by atoms with van der Waals surface area (Å²) >= 11 is 0. The zero-order chi connectivity index (χ0) is 70.7. The Kier molecular flexibility index (Phi) is 13.0.